The number of unbranched alkanes of at least 4 members (excludes halogenated alkanes) is 7. The maximum Gasteiger partial charge on any atom is 0.163 e. The van der Waals surface area contributed by atoms with E-state index in [1.807, 2.05) is 12.1 Å². The van der Waals surface area contributed by atoms with E-state index in [0.717, 1.165) is 12.8 Å². The van der Waals surface area contributed by atoms with Crippen molar-refractivity contribution in [3.63, 3.8) is 0 Å². The lowest BCUT2D eigenvalue weighted by Crippen LogP contribution is -2.13. The van der Waals surface area contributed by atoms with E-state index in [0.29, 0.717) is 76.3 Å². The van der Waals surface area contributed by atoms with Crippen LogP contribution in [0.3, 0.4) is 0 Å². The quantitative estimate of drug-likeness (QED) is 0.370. The van der Waals surface area contributed by atoms with Crippen molar-refractivity contribution in [2.75, 3.05) is 52.9 Å². The van der Waals surface area contributed by atoms with E-state index >= 15 is 0 Å². The minimum absolute atomic E-state index is 0.157. The number of ketones is 1. The Hall–Kier alpha value is -1.63. The Morgan fingerprint density at radius 3 is 1.81 bits per heavy atom. The van der Waals surface area contributed by atoms with E-state index in [-0.39, 0.29) is 5.78 Å². The Balaban J connectivity index is 1.81. The first-order valence-electron chi connectivity index (χ1n) is 12.0. The number of rotatable bonds is 10. The van der Waals surface area contributed by atoms with Crippen LogP contribution in [-0.4, -0.2) is 58.6 Å². The largest absolute Gasteiger partial charge is 0.487 e. The molecule has 2 rings (SSSR count). The Morgan fingerprint density at radius 1 is 0.677 bits per heavy atom. The smallest absolute Gasteiger partial charge is 0.163 e. The molecule has 1 aliphatic heterocycles. The zero-order valence-corrected chi connectivity index (χ0v) is 19.2. The Labute approximate surface area is 187 Å². The molecular formula is C25H40O6. The third-order valence-corrected chi connectivity index (χ3v) is 5.24. The number of fused-ring (bicyclic) bond motifs is 1. The van der Waals surface area contributed by atoms with Crippen LogP contribution >= 0.6 is 0 Å². The van der Waals surface area contributed by atoms with Gasteiger partial charge in [-0.15, -0.1) is 0 Å². The summed E-state index contributed by atoms with van der Waals surface area (Å²) in [6.45, 7) is 6.09. The Kier molecular flexibility index (Phi) is 14.0. The van der Waals surface area contributed by atoms with Crippen LogP contribution in [0.2, 0.25) is 0 Å². The SMILES string of the molecule is CCCCCCCCCCC(=O)c1ccc2c(c1)OCCOCCOCCOCCO2. The number of benzene rings is 1. The summed E-state index contributed by atoms with van der Waals surface area (Å²) in [5, 5.41) is 0. The second kappa shape index (κ2) is 17.0. The van der Waals surface area contributed by atoms with Gasteiger partial charge in [0.25, 0.3) is 0 Å². The summed E-state index contributed by atoms with van der Waals surface area (Å²) < 4.78 is 28.1. The van der Waals surface area contributed by atoms with Crippen molar-refractivity contribution in [1.82, 2.24) is 0 Å². The minimum atomic E-state index is 0.157. The summed E-state index contributed by atoms with van der Waals surface area (Å²) in [5.41, 5.74) is 0.675. The lowest BCUT2D eigenvalue weighted by atomic mass is 10.0. The van der Waals surface area contributed by atoms with Crippen LogP contribution in [0, 0.1) is 0 Å². The summed E-state index contributed by atoms with van der Waals surface area (Å²) in [4.78, 5) is 12.6. The minimum Gasteiger partial charge on any atom is -0.487 e. The highest BCUT2D eigenvalue weighted by Gasteiger charge is 2.12. The molecule has 1 heterocycles. The zero-order chi connectivity index (χ0) is 22.0. The molecular weight excluding hydrogens is 396 g/mol. The molecule has 31 heavy (non-hydrogen) atoms. The third kappa shape index (κ3) is 11.5. The molecule has 0 radical (unpaired) electrons. The standard InChI is InChI=1S/C25H40O6/c1-2-3-4-5-6-7-8-9-10-23(26)22-11-12-24-25(21-22)31-20-18-29-16-14-27-13-15-28-17-19-30-24/h11-12,21H,2-10,13-20H2,1H3. The van der Waals surface area contributed by atoms with Gasteiger partial charge in [0.15, 0.2) is 17.3 Å². The van der Waals surface area contributed by atoms with Crippen LogP contribution in [0.4, 0.5) is 0 Å². The van der Waals surface area contributed by atoms with Crippen LogP contribution in [0.15, 0.2) is 18.2 Å². The van der Waals surface area contributed by atoms with E-state index < -0.39 is 0 Å². The van der Waals surface area contributed by atoms with Gasteiger partial charge in [-0.1, -0.05) is 51.9 Å². The van der Waals surface area contributed by atoms with Gasteiger partial charge in [-0.3, -0.25) is 4.79 Å². The summed E-state index contributed by atoms with van der Waals surface area (Å²) in [7, 11) is 0. The van der Waals surface area contributed by atoms with Crippen molar-refractivity contribution in [1.29, 1.82) is 0 Å². The lowest BCUT2D eigenvalue weighted by molar-refractivity contribution is 0.00708. The fourth-order valence-electron chi connectivity index (χ4n) is 3.44. The summed E-state index contributed by atoms with van der Waals surface area (Å²) in [5.74, 6) is 1.36. The molecule has 6 heteroatoms. The van der Waals surface area contributed by atoms with Crippen LogP contribution in [0.5, 0.6) is 11.5 Å². The van der Waals surface area contributed by atoms with Gasteiger partial charge in [0.2, 0.25) is 0 Å². The lowest BCUT2D eigenvalue weighted by Gasteiger charge is -2.14. The van der Waals surface area contributed by atoms with Gasteiger partial charge in [0.05, 0.1) is 39.6 Å². The van der Waals surface area contributed by atoms with Gasteiger partial charge in [-0.25, -0.2) is 0 Å². The molecule has 0 amide bonds. The van der Waals surface area contributed by atoms with E-state index in [4.69, 9.17) is 23.7 Å². The second-order valence-electron chi connectivity index (χ2n) is 7.84. The van der Waals surface area contributed by atoms with E-state index in [1.165, 1.54) is 38.5 Å². The number of carbonyl (C=O) groups is 1. The van der Waals surface area contributed by atoms with Crippen molar-refractivity contribution in [2.45, 2.75) is 64.7 Å². The monoisotopic (exact) mass is 436 g/mol. The zero-order valence-electron chi connectivity index (χ0n) is 19.2. The fraction of sp³-hybridized carbons (Fsp3) is 0.720. The van der Waals surface area contributed by atoms with Gasteiger partial charge in [-0.2, -0.15) is 0 Å². The first-order chi connectivity index (χ1) is 15.3. The van der Waals surface area contributed by atoms with Gasteiger partial charge in [-0.05, 0) is 24.6 Å². The van der Waals surface area contributed by atoms with E-state index in [2.05, 4.69) is 6.92 Å². The maximum atomic E-state index is 12.6. The van der Waals surface area contributed by atoms with Crippen LogP contribution in [0.1, 0.15) is 75.1 Å². The average Bonchev–Trinajstić information content (AvgIpc) is 2.79. The maximum absolute atomic E-state index is 12.6. The third-order valence-electron chi connectivity index (χ3n) is 5.24. The molecule has 0 unspecified atom stereocenters. The number of hydrogen-bond donors (Lipinski definition) is 0. The summed E-state index contributed by atoms with van der Waals surface area (Å²) >= 11 is 0. The molecule has 0 N–H and O–H groups in total. The Morgan fingerprint density at radius 2 is 1.19 bits per heavy atom. The summed E-state index contributed by atoms with van der Waals surface area (Å²) in [6.07, 6.45) is 10.4. The molecule has 1 aliphatic rings. The fourth-order valence-corrected chi connectivity index (χ4v) is 3.44. The van der Waals surface area contributed by atoms with E-state index in [9.17, 15) is 4.79 Å². The van der Waals surface area contributed by atoms with Crippen molar-refractivity contribution in [3.8, 4) is 11.5 Å². The van der Waals surface area contributed by atoms with E-state index in [1.54, 1.807) is 6.07 Å². The normalized spacial score (nSPS) is 16.3. The predicted molar refractivity (Wildman–Crippen MR) is 121 cm³/mol. The van der Waals surface area contributed by atoms with Gasteiger partial charge in [0, 0.05) is 12.0 Å². The van der Waals surface area contributed by atoms with Crippen LogP contribution in [0.25, 0.3) is 0 Å². The second-order valence-corrected chi connectivity index (χ2v) is 7.84. The first-order valence-corrected chi connectivity index (χ1v) is 12.0. The number of ether oxygens (including phenoxy) is 5. The number of hydrogen-bond acceptors (Lipinski definition) is 6. The topological polar surface area (TPSA) is 63.2 Å². The predicted octanol–water partition coefficient (Wildman–Crippen LogP) is 5.22. The van der Waals surface area contributed by atoms with Gasteiger partial charge < -0.3 is 23.7 Å². The molecule has 0 saturated carbocycles. The van der Waals surface area contributed by atoms with Crippen molar-refractivity contribution < 1.29 is 28.5 Å². The molecule has 0 atom stereocenters. The molecule has 176 valence electrons. The number of Topliss-reactive ketones (excluding diaryl/α,β-unsaturated/α-hetero) is 1. The Bertz CT molecular complexity index is 604. The van der Waals surface area contributed by atoms with Crippen LogP contribution < -0.4 is 9.47 Å². The molecule has 0 aromatic heterocycles. The highest BCUT2D eigenvalue weighted by Crippen LogP contribution is 2.29. The van der Waals surface area contributed by atoms with Crippen LogP contribution in [-0.2, 0) is 14.2 Å². The summed E-state index contributed by atoms with van der Waals surface area (Å²) in [6, 6.07) is 5.44. The average molecular weight is 437 g/mol. The highest BCUT2D eigenvalue weighted by atomic mass is 16.6. The highest BCUT2D eigenvalue weighted by molar-refractivity contribution is 5.96. The van der Waals surface area contributed by atoms with Crippen molar-refractivity contribution >= 4 is 5.78 Å². The van der Waals surface area contributed by atoms with Gasteiger partial charge in [0.1, 0.15) is 13.2 Å². The first kappa shape index (κ1) is 25.6. The number of carbonyl (C=O) groups excluding carboxylic acids is 1. The molecule has 1 aromatic rings. The van der Waals surface area contributed by atoms with Crippen molar-refractivity contribution in [2.24, 2.45) is 0 Å². The molecule has 0 spiro atoms. The molecule has 6 nitrogen and oxygen atoms in total. The molecule has 0 bridgehead atoms. The molecule has 1 aromatic carbocycles. The van der Waals surface area contributed by atoms with Gasteiger partial charge >= 0.3 is 0 Å². The molecule has 0 fully saturated rings. The molecule has 0 saturated heterocycles. The molecule has 0 aliphatic carbocycles. The van der Waals surface area contributed by atoms with Crippen molar-refractivity contribution in [3.05, 3.63) is 23.8 Å².